The van der Waals surface area contributed by atoms with E-state index in [0.717, 1.165) is 10.8 Å². The molecule has 2 aliphatic rings. The van der Waals surface area contributed by atoms with Gasteiger partial charge in [0.1, 0.15) is 6.04 Å². The molecule has 6 nitrogen and oxygen atoms in total. The first-order chi connectivity index (χ1) is 13.9. The van der Waals surface area contributed by atoms with Gasteiger partial charge in [-0.3, -0.25) is 14.4 Å². The molecule has 2 atom stereocenters. The zero-order chi connectivity index (χ0) is 20.5. The summed E-state index contributed by atoms with van der Waals surface area (Å²) in [7, 11) is 0. The van der Waals surface area contributed by atoms with Gasteiger partial charge >= 0.3 is 5.97 Å². The van der Waals surface area contributed by atoms with Gasteiger partial charge in [-0.15, -0.1) is 0 Å². The third kappa shape index (κ3) is 3.96. The highest BCUT2D eigenvalue weighted by molar-refractivity contribution is 7.81. The van der Waals surface area contributed by atoms with Crippen molar-refractivity contribution < 1.29 is 19.5 Å². The molecule has 2 aromatic rings. The predicted molar refractivity (Wildman–Crippen MR) is 113 cm³/mol. The number of nitrogens with zero attached hydrogens (tertiary/aromatic N) is 2. The van der Waals surface area contributed by atoms with Crippen LogP contribution in [0.1, 0.15) is 29.6 Å². The highest BCUT2D eigenvalue weighted by Gasteiger charge is 2.41. The molecule has 1 N–H and O–H groups in total. The molecule has 2 aromatic carbocycles. The number of likely N-dealkylation sites (tertiary alicyclic amines) is 2. The Kier molecular flexibility index (Phi) is 5.50. The average Bonchev–Trinajstić information content (AvgIpc) is 3.14. The van der Waals surface area contributed by atoms with E-state index in [9.17, 15) is 14.4 Å². The molecular formula is C22H24N2O4S. The molecule has 2 saturated heterocycles. The maximum Gasteiger partial charge on any atom is 0.306 e. The van der Waals surface area contributed by atoms with Crippen molar-refractivity contribution in [3.8, 4) is 0 Å². The minimum Gasteiger partial charge on any atom is -0.481 e. The number of fused-ring (bicyclic) bond motifs is 1. The van der Waals surface area contributed by atoms with Gasteiger partial charge in [-0.1, -0.05) is 30.3 Å². The van der Waals surface area contributed by atoms with Crippen LogP contribution in [0.2, 0.25) is 0 Å². The number of carbonyl (C=O) groups excluding carboxylic acids is 2. The van der Waals surface area contributed by atoms with E-state index in [1.165, 1.54) is 0 Å². The number of carboxylic acid groups (broad SMARTS) is 1. The van der Waals surface area contributed by atoms with E-state index in [-0.39, 0.29) is 17.1 Å². The van der Waals surface area contributed by atoms with Crippen LogP contribution in [0.5, 0.6) is 0 Å². The number of carboxylic acids is 1. The summed E-state index contributed by atoms with van der Waals surface area (Å²) in [5.74, 6) is -1.46. The Bertz CT molecular complexity index is 955. The van der Waals surface area contributed by atoms with Crippen molar-refractivity contribution in [3.63, 3.8) is 0 Å². The molecule has 0 radical (unpaired) electrons. The molecular weight excluding hydrogens is 388 g/mol. The van der Waals surface area contributed by atoms with Crippen molar-refractivity contribution in [2.24, 2.45) is 5.92 Å². The van der Waals surface area contributed by atoms with Gasteiger partial charge in [-0.05, 0) is 42.2 Å². The summed E-state index contributed by atoms with van der Waals surface area (Å²) in [6.45, 7) is 1.26. The van der Waals surface area contributed by atoms with Crippen LogP contribution in [0.4, 0.5) is 0 Å². The lowest BCUT2D eigenvalue weighted by molar-refractivity contribution is -0.146. The highest BCUT2D eigenvalue weighted by Crippen LogP contribution is 2.28. The smallest absolute Gasteiger partial charge is 0.306 e. The van der Waals surface area contributed by atoms with Crippen LogP contribution >= 0.6 is 12.6 Å². The Morgan fingerprint density at radius 2 is 1.69 bits per heavy atom. The minimum absolute atomic E-state index is 0.0510. The second kappa shape index (κ2) is 8.06. The Balaban J connectivity index is 1.52. The third-order valence-electron chi connectivity index (χ3n) is 5.98. The molecule has 7 heteroatoms. The van der Waals surface area contributed by atoms with Gasteiger partial charge in [0.25, 0.3) is 5.91 Å². The molecule has 2 fully saturated rings. The van der Waals surface area contributed by atoms with Gasteiger partial charge in [0.05, 0.1) is 5.92 Å². The van der Waals surface area contributed by atoms with Crippen LogP contribution in [0.25, 0.3) is 10.8 Å². The van der Waals surface area contributed by atoms with Crippen molar-refractivity contribution in [1.82, 2.24) is 9.80 Å². The summed E-state index contributed by atoms with van der Waals surface area (Å²) in [4.78, 5) is 40.8. The average molecular weight is 413 g/mol. The molecule has 0 bridgehead atoms. The standard InChI is InChI=1S/C22H24N2O4S/c25-20(17-6-5-14-3-1-2-4-16(14)11-17)24-13-18(29)12-19(24)21(26)23-9-7-15(8-10-23)22(27)28/h1-6,11,15,18-19,29H,7-10,12-13H2,(H,27,28). The molecule has 0 aliphatic carbocycles. The normalized spacial score (nSPS) is 22.8. The summed E-state index contributed by atoms with van der Waals surface area (Å²) in [5, 5.41) is 11.2. The van der Waals surface area contributed by atoms with Crippen LogP contribution in [0.3, 0.4) is 0 Å². The molecule has 0 saturated carbocycles. The van der Waals surface area contributed by atoms with Crippen molar-refractivity contribution in [3.05, 3.63) is 48.0 Å². The lowest BCUT2D eigenvalue weighted by atomic mass is 9.96. The van der Waals surface area contributed by atoms with Crippen molar-refractivity contribution in [2.45, 2.75) is 30.6 Å². The second-order valence-electron chi connectivity index (χ2n) is 7.86. The van der Waals surface area contributed by atoms with Crippen LogP contribution in [-0.2, 0) is 9.59 Å². The van der Waals surface area contributed by atoms with Gasteiger partial charge in [-0.2, -0.15) is 12.6 Å². The molecule has 152 valence electrons. The molecule has 2 unspecified atom stereocenters. The van der Waals surface area contributed by atoms with Crippen molar-refractivity contribution in [1.29, 1.82) is 0 Å². The van der Waals surface area contributed by atoms with Crippen molar-refractivity contribution in [2.75, 3.05) is 19.6 Å². The van der Waals surface area contributed by atoms with Gasteiger partial charge in [0.15, 0.2) is 0 Å². The number of hydrogen-bond donors (Lipinski definition) is 2. The first-order valence-electron chi connectivity index (χ1n) is 9.93. The molecule has 29 heavy (non-hydrogen) atoms. The number of hydrogen-bond acceptors (Lipinski definition) is 4. The minimum atomic E-state index is -0.804. The number of amides is 2. The zero-order valence-electron chi connectivity index (χ0n) is 16.0. The first-order valence-corrected chi connectivity index (χ1v) is 10.4. The molecule has 4 rings (SSSR count). The third-order valence-corrected chi connectivity index (χ3v) is 6.35. The first kappa shape index (κ1) is 19.8. The molecule has 0 spiro atoms. The fourth-order valence-corrected chi connectivity index (χ4v) is 4.69. The van der Waals surface area contributed by atoms with Gasteiger partial charge < -0.3 is 14.9 Å². The summed E-state index contributed by atoms with van der Waals surface area (Å²) in [5.41, 5.74) is 0.563. The maximum atomic E-state index is 13.2. The van der Waals surface area contributed by atoms with E-state index in [2.05, 4.69) is 12.6 Å². The fourth-order valence-electron chi connectivity index (χ4n) is 4.32. The lowest BCUT2D eigenvalue weighted by Crippen LogP contribution is -2.50. The Morgan fingerprint density at radius 1 is 1.00 bits per heavy atom. The highest BCUT2D eigenvalue weighted by atomic mass is 32.1. The van der Waals surface area contributed by atoms with Gasteiger partial charge in [-0.25, -0.2) is 0 Å². The predicted octanol–water partition coefficient (Wildman–Crippen LogP) is 2.68. The van der Waals surface area contributed by atoms with Gasteiger partial charge in [0, 0.05) is 30.4 Å². The summed E-state index contributed by atoms with van der Waals surface area (Å²) < 4.78 is 0. The molecule has 2 heterocycles. The Hall–Kier alpha value is -2.54. The van der Waals surface area contributed by atoms with Crippen molar-refractivity contribution >= 4 is 41.2 Å². The van der Waals surface area contributed by atoms with E-state index < -0.39 is 17.9 Å². The monoisotopic (exact) mass is 412 g/mol. The van der Waals surface area contributed by atoms with E-state index >= 15 is 0 Å². The quantitative estimate of drug-likeness (QED) is 0.760. The number of aliphatic carboxylic acids is 1. The van der Waals surface area contributed by atoms with Gasteiger partial charge in [0.2, 0.25) is 5.91 Å². The SMILES string of the molecule is O=C(O)C1CCN(C(=O)C2CC(S)CN2C(=O)c2ccc3ccccc3c2)CC1. The van der Waals surface area contributed by atoms with E-state index in [0.29, 0.717) is 44.5 Å². The van der Waals surface area contributed by atoms with Crippen LogP contribution < -0.4 is 0 Å². The summed E-state index contributed by atoms with van der Waals surface area (Å²) in [6, 6.07) is 12.9. The Morgan fingerprint density at radius 3 is 2.38 bits per heavy atom. The Labute approximate surface area is 174 Å². The number of benzene rings is 2. The molecule has 0 aromatic heterocycles. The van der Waals surface area contributed by atoms with Crippen LogP contribution in [0.15, 0.2) is 42.5 Å². The zero-order valence-corrected chi connectivity index (χ0v) is 16.9. The topological polar surface area (TPSA) is 77.9 Å². The van der Waals surface area contributed by atoms with E-state index in [1.807, 2.05) is 36.4 Å². The maximum absolute atomic E-state index is 13.2. The molecule has 2 amide bonds. The number of thiol groups is 1. The number of carbonyl (C=O) groups is 3. The number of piperidine rings is 1. The van der Waals surface area contributed by atoms with E-state index in [1.54, 1.807) is 15.9 Å². The summed E-state index contributed by atoms with van der Waals surface area (Å²) >= 11 is 4.53. The van der Waals surface area contributed by atoms with Crippen LogP contribution in [0, 0.1) is 5.92 Å². The second-order valence-corrected chi connectivity index (χ2v) is 8.59. The fraction of sp³-hybridized carbons (Fsp3) is 0.409. The largest absolute Gasteiger partial charge is 0.481 e. The summed E-state index contributed by atoms with van der Waals surface area (Å²) in [6.07, 6.45) is 1.42. The lowest BCUT2D eigenvalue weighted by Gasteiger charge is -2.34. The van der Waals surface area contributed by atoms with E-state index in [4.69, 9.17) is 5.11 Å². The number of rotatable bonds is 3. The van der Waals surface area contributed by atoms with Crippen LogP contribution in [-0.4, -0.2) is 63.6 Å². The molecule has 2 aliphatic heterocycles.